The monoisotopic (exact) mass is 254 g/mol. The molecule has 1 saturated carbocycles. The summed E-state index contributed by atoms with van der Waals surface area (Å²) >= 11 is 0. The van der Waals surface area contributed by atoms with E-state index >= 15 is 0 Å². The largest absolute Gasteiger partial charge is 0.271 e. The fraction of sp³-hybridized carbons (Fsp3) is 0.571. The third kappa shape index (κ3) is 2.54. The Kier molecular flexibility index (Phi) is 3.97. The zero-order valence-corrected chi connectivity index (χ0v) is 10.7. The molecule has 1 aromatic carbocycles. The summed E-state index contributed by atoms with van der Waals surface area (Å²) < 4.78 is 26.8. The Bertz CT molecular complexity index is 414. The molecule has 0 saturated heterocycles. The third-order valence-electron chi connectivity index (χ3n) is 4.13. The van der Waals surface area contributed by atoms with E-state index in [0.29, 0.717) is 5.56 Å². The van der Waals surface area contributed by atoms with E-state index in [0.717, 1.165) is 31.7 Å². The zero-order valence-electron chi connectivity index (χ0n) is 10.7. The summed E-state index contributed by atoms with van der Waals surface area (Å²) in [6.07, 6.45) is 5.52. The molecule has 0 aromatic heterocycles. The lowest BCUT2D eigenvalue weighted by Crippen LogP contribution is -2.41. The van der Waals surface area contributed by atoms with Crippen LogP contribution in [0.3, 0.4) is 0 Å². The van der Waals surface area contributed by atoms with Crippen LogP contribution in [0.2, 0.25) is 0 Å². The Morgan fingerprint density at radius 1 is 1.22 bits per heavy atom. The number of halogens is 2. The molecule has 1 aliphatic rings. The first-order valence-corrected chi connectivity index (χ1v) is 6.48. The van der Waals surface area contributed by atoms with Crippen LogP contribution in [0.15, 0.2) is 18.2 Å². The van der Waals surface area contributed by atoms with Crippen molar-refractivity contribution in [3.63, 3.8) is 0 Å². The summed E-state index contributed by atoms with van der Waals surface area (Å²) in [6, 6.07) is 3.44. The van der Waals surface area contributed by atoms with Gasteiger partial charge in [0.1, 0.15) is 11.6 Å². The molecule has 0 heterocycles. The molecule has 0 aliphatic heterocycles. The van der Waals surface area contributed by atoms with Crippen molar-refractivity contribution >= 4 is 0 Å². The lowest BCUT2D eigenvalue weighted by atomic mass is 9.69. The van der Waals surface area contributed by atoms with Gasteiger partial charge in [0.2, 0.25) is 0 Å². The van der Waals surface area contributed by atoms with Gasteiger partial charge in [-0.1, -0.05) is 32.3 Å². The molecule has 0 bridgehead atoms. The van der Waals surface area contributed by atoms with Crippen molar-refractivity contribution in [2.75, 3.05) is 0 Å². The molecular formula is C14H20F2N2. The smallest absolute Gasteiger partial charge is 0.130 e. The van der Waals surface area contributed by atoms with E-state index in [1.807, 2.05) is 0 Å². The fourth-order valence-electron chi connectivity index (χ4n) is 3.05. The molecule has 2 rings (SSSR count). The van der Waals surface area contributed by atoms with Crippen molar-refractivity contribution in [1.29, 1.82) is 0 Å². The van der Waals surface area contributed by atoms with E-state index in [-0.39, 0.29) is 11.5 Å². The number of benzene rings is 1. The molecular weight excluding hydrogens is 234 g/mol. The molecule has 4 heteroatoms. The van der Waals surface area contributed by atoms with E-state index in [4.69, 9.17) is 5.84 Å². The molecule has 1 aliphatic carbocycles. The standard InChI is InChI=1S/C14H20F2N2/c1-14(7-3-2-4-8-14)13(18-17)11-6-5-10(15)9-12(11)16/h5-6,9,13,18H,2-4,7-8,17H2,1H3. The maximum atomic E-state index is 13.9. The van der Waals surface area contributed by atoms with Gasteiger partial charge in [0.05, 0.1) is 6.04 Å². The van der Waals surface area contributed by atoms with Crippen LogP contribution < -0.4 is 11.3 Å². The van der Waals surface area contributed by atoms with Gasteiger partial charge in [-0.2, -0.15) is 0 Å². The van der Waals surface area contributed by atoms with Crippen LogP contribution in [0.1, 0.15) is 50.6 Å². The number of hydrogen-bond acceptors (Lipinski definition) is 2. The Hall–Kier alpha value is -1.00. The van der Waals surface area contributed by atoms with Crippen molar-refractivity contribution < 1.29 is 8.78 Å². The SMILES string of the molecule is CC1(C(NN)c2ccc(F)cc2F)CCCCC1. The Balaban J connectivity index is 2.32. The van der Waals surface area contributed by atoms with Gasteiger partial charge in [-0.15, -0.1) is 0 Å². The van der Waals surface area contributed by atoms with Crippen LogP contribution in [0.5, 0.6) is 0 Å². The summed E-state index contributed by atoms with van der Waals surface area (Å²) in [6.45, 7) is 2.12. The van der Waals surface area contributed by atoms with Gasteiger partial charge in [-0.25, -0.2) is 8.78 Å². The summed E-state index contributed by atoms with van der Waals surface area (Å²) in [5.74, 6) is 4.54. The first-order valence-electron chi connectivity index (χ1n) is 6.48. The number of nitrogens with two attached hydrogens (primary N) is 1. The highest BCUT2D eigenvalue weighted by atomic mass is 19.1. The quantitative estimate of drug-likeness (QED) is 0.640. The van der Waals surface area contributed by atoms with Gasteiger partial charge in [0, 0.05) is 11.6 Å². The molecule has 1 unspecified atom stereocenters. The van der Waals surface area contributed by atoms with Gasteiger partial charge in [-0.05, 0) is 24.3 Å². The highest BCUT2D eigenvalue weighted by Gasteiger charge is 2.37. The molecule has 1 fully saturated rings. The van der Waals surface area contributed by atoms with Crippen LogP contribution in [-0.2, 0) is 0 Å². The van der Waals surface area contributed by atoms with Gasteiger partial charge >= 0.3 is 0 Å². The number of rotatable bonds is 3. The van der Waals surface area contributed by atoms with E-state index in [1.165, 1.54) is 18.6 Å². The maximum absolute atomic E-state index is 13.9. The highest BCUT2D eigenvalue weighted by Crippen LogP contribution is 2.45. The van der Waals surface area contributed by atoms with Crippen LogP contribution >= 0.6 is 0 Å². The predicted molar refractivity (Wildman–Crippen MR) is 67.6 cm³/mol. The van der Waals surface area contributed by atoms with Gasteiger partial charge in [0.25, 0.3) is 0 Å². The summed E-state index contributed by atoms with van der Waals surface area (Å²) in [7, 11) is 0. The van der Waals surface area contributed by atoms with Crippen molar-refractivity contribution in [1.82, 2.24) is 5.43 Å². The molecule has 1 aromatic rings. The number of hydrogen-bond donors (Lipinski definition) is 2. The van der Waals surface area contributed by atoms with Crippen LogP contribution in [0.25, 0.3) is 0 Å². The second-order valence-electron chi connectivity index (χ2n) is 5.48. The summed E-state index contributed by atoms with van der Waals surface area (Å²) in [5.41, 5.74) is 3.12. The number of nitrogens with one attached hydrogen (secondary N) is 1. The molecule has 2 nitrogen and oxygen atoms in total. The topological polar surface area (TPSA) is 38.0 Å². The minimum absolute atomic E-state index is 0.0638. The average molecular weight is 254 g/mol. The molecule has 3 N–H and O–H groups in total. The lowest BCUT2D eigenvalue weighted by molar-refractivity contribution is 0.142. The third-order valence-corrected chi connectivity index (χ3v) is 4.13. The predicted octanol–water partition coefficient (Wildman–Crippen LogP) is 3.44. The van der Waals surface area contributed by atoms with Crippen LogP contribution in [-0.4, -0.2) is 0 Å². The molecule has 0 radical (unpaired) electrons. The summed E-state index contributed by atoms with van der Waals surface area (Å²) in [4.78, 5) is 0. The van der Waals surface area contributed by atoms with Crippen molar-refractivity contribution in [2.45, 2.75) is 45.1 Å². The van der Waals surface area contributed by atoms with E-state index in [9.17, 15) is 8.78 Å². The van der Waals surface area contributed by atoms with Crippen molar-refractivity contribution in [3.05, 3.63) is 35.4 Å². The van der Waals surface area contributed by atoms with Gasteiger partial charge in [-0.3, -0.25) is 11.3 Å². The minimum Gasteiger partial charge on any atom is -0.271 e. The minimum atomic E-state index is -0.555. The molecule has 0 spiro atoms. The van der Waals surface area contributed by atoms with Crippen LogP contribution in [0, 0.1) is 17.0 Å². The lowest BCUT2D eigenvalue weighted by Gasteiger charge is -2.40. The number of hydrazine groups is 1. The molecule has 0 amide bonds. The zero-order chi connectivity index (χ0) is 13.2. The second kappa shape index (κ2) is 5.33. The highest BCUT2D eigenvalue weighted by molar-refractivity contribution is 5.24. The molecule has 18 heavy (non-hydrogen) atoms. The van der Waals surface area contributed by atoms with Crippen molar-refractivity contribution in [3.8, 4) is 0 Å². The van der Waals surface area contributed by atoms with E-state index < -0.39 is 11.6 Å². The normalized spacial score (nSPS) is 20.7. The van der Waals surface area contributed by atoms with E-state index in [1.54, 1.807) is 0 Å². The first-order chi connectivity index (χ1) is 8.57. The van der Waals surface area contributed by atoms with E-state index in [2.05, 4.69) is 12.3 Å². The Morgan fingerprint density at radius 3 is 2.44 bits per heavy atom. The fourth-order valence-corrected chi connectivity index (χ4v) is 3.05. The Morgan fingerprint density at radius 2 is 1.89 bits per heavy atom. The molecule has 100 valence electrons. The van der Waals surface area contributed by atoms with Crippen molar-refractivity contribution in [2.24, 2.45) is 11.3 Å². The van der Waals surface area contributed by atoms with Crippen LogP contribution in [0.4, 0.5) is 8.78 Å². The van der Waals surface area contributed by atoms with Gasteiger partial charge < -0.3 is 0 Å². The summed E-state index contributed by atoms with van der Waals surface area (Å²) in [5, 5.41) is 0. The Labute approximate surface area is 107 Å². The second-order valence-corrected chi connectivity index (χ2v) is 5.48. The maximum Gasteiger partial charge on any atom is 0.130 e. The molecule has 1 atom stereocenters. The first kappa shape index (κ1) is 13.4. The average Bonchev–Trinajstić information content (AvgIpc) is 2.33. The van der Waals surface area contributed by atoms with Gasteiger partial charge in [0.15, 0.2) is 0 Å².